The van der Waals surface area contributed by atoms with Crippen LogP contribution in [-0.4, -0.2) is 75.3 Å². The van der Waals surface area contributed by atoms with E-state index in [9.17, 15) is 14.0 Å². The number of anilines is 1. The summed E-state index contributed by atoms with van der Waals surface area (Å²) in [6.07, 6.45) is 3.74. The summed E-state index contributed by atoms with van der Waals surface area (Å²) in [6.45, 7) is 13.7. The Balaban J connectivity index is 1.54. The Kier molecular flexibility index (Phi) is 7.21. The monoisotopic (exact) mass is 561 g/mol. The molecule has 7 nitrogen and oxygen atoms in total. The molecule has 3 aromatic rings. The van der Waals surface area contributed by atoms with Crippen molar-refractivity contribution in [1.29, 1.82) is 0 Å². The van der Waals surface area contributed by atoms with Gasteiger partial charge in [0.05, 0.1) is 5.52 Å². The van der Waals surface area contributed by atoms with Crippen LogP contribution < -0.4 is 10.6 Å². The number of hydrogen-bond donors (Lipinski definition) is 0. The highest BCUT2D eigenvalue weighted by Crippen LogP contribution is 2.44. The topological polar surface area (TPSA) is 61.7 Å². The molecule has 0 spiro atoms. The van der Waals surface area contributed by atoms with Gasteiger partial charge in [-0.3, -0.25) is 14.3 Å². The molecule has 0 N–H and O–H groups in total. The number of carbonyl (C=O) groups is 1. The fraction of sp³-hybridized carbons (Fsp3) is 0.452. The van der Waals surface area contributed by atoms with Gasteiger partial charge in [-0.15, -0.1) is 11.8 Å². The second-order valence-electron chi connectivity index (χ2n) is 11.4. The van der Waals surface area contributed by atoms with Gasteiger partial charge in [0, 0.05) is 59.4 Å². The lowest BCUT2D eigenvalue weighted by molar-refractivity contribution is -0.128. The van der Waals surface area contributed by atoms with Crippen molar-refractivity contribution in [2.45, 2.75) is 63.2 Å². The quantitative estimate of drug-likeness (QED) is 0.431. The van der Waals surface area contributed by atoms with Gasteiger partial charge >= 0.3 is 5.69 Å². The molecule has 2 fully saturated rings. The predicted octanol–water partition coefficient (Wildman–Crippen LogP) is 4.69. The van der Waals surface area contributed by atoms with Crippen molar-refractivity contribution in [3.05, 3.63) is 64.9 Å². The number of piperazine rings is 1. The Morgan fingerprint density at radius 1 is 1.10 bits per heavy atom. The fourth-order valence-corrected chi connectivity index (χ4v) is 8.10. The van der Waals surface area contributed by atoms with Crippen LogP contribution in [0.2, 0.25) is 0 Å². The number of aryl methyl sites for hydroxylation is 1. The van der Waals surface area contributed by atoms with Gasteiger partial charge in [-0.25, -0.2) is 9.18 Å². The molecular weight excluding hydrogens is 525 g/mol. The lowest BCUT2D eigenvalue weighted by atomic mass is 9.97. The molecule has 0 bridgehead atoms. The Labute approximate surface area is 238 Å². The largest absolute Gasteiger partial charge is 0.350 e. The highest BCUT2D eigenvalue weighted by atomic mass is 32.2. The SMILES string of the molecule is C=CC(=O)N1C[C@H](C)N(c2nc(=O)n3c4c(c(-c5ccc(F)cc5)c(C)cc24)SCC(N2CCCC2)C3)C[C@H]1C. The minimum Gasteiger partial charge on any atom is -0.349 e. The van der Waals surface area contributed by atoms with Gasteiger partial charge in [0.15, 0.2) is 0 Å². The maximum absolute atomic E-state index is 13.9. The number of hydrogen-bond acceptors (Lipinski definition) is 6. The van der Waals surface area contributed by atoms with Crippen molar-refractivity contribution >= 4 is 34.4 Å². The summed E-state index contributed by atoms with van der Waals surface area (Å²) in [5.41, 5.74) is 3.73. The molecule has 0 radical (unpaired) electrons. The van der Waals surface area contributed by atoms with Gasteiger partial charge in [0.2, 0.25) is 5.91 Å². The van der Waals surface area contributed by atoms with E-state index in [2.05, 4.69) is 36.3 Å². The summed E-state index contributed by atoms with van der Waals surface area (Å²) in [4.78, 5) is 38.7. The average Bonchev–Trinajstić information content (AvgIpc) is 3.40. The number of amides is 1. The van der Waals surface area contributed by atoms with Gasteiger partial charge < -0.3 is 9.80 Å². The van der Waals surface area contributed by atoms with E-state index in [1.807, 2.05) is 28.5 Å². The standard InChI is InChI=1S/C31H36FN5O2S/c1-5-26(38)35-15-21(4)36(16-20(35)3)30-25-14-19(2)27(22-8-10-23(32)11-9-22)29-28(25)37(31(39)33-30)17-24(18-40-29)34-12-6-7-13-34/h5,8-11,14,20-21,24H,1,6-7,12-13,15-18H2,2-4H3/t20-,21+,24?/m1/s1. The third-order valence-electron chi connectivity index (χ3n) is 8.71. The number of halogens is 1. The molecule has 3 aliphatic heterocycles. The molecule has 9 heteroatoms. The van der Waals surface area contributed by atoms with Gasteiger partial charge in [-0.2, -0.15) is 4.98 Å². The zero-order valence-corrected chi connectivity index (χ0v) is 24.2. The summed E-state index contributed by atoms with van der Waals surface area (Å²) in [6, 6.07) is 8.96. The molecule has 1 unspecified atom stereocenters. The van der Waals surface area contributed by atoms with Crippen LogP contribution in [0.3, 0.4) is 0 Å². The summed E-state index contributed by atoms with van der Waals surface area (Å²) >= 11 is 1.80. The fourth-order valence-electron chi connectivity index (χ4n) is 6.64. The first kappa shape index (κ1) is 27.0. The number of likely N-dealkylation sites (tertiary alicyclic amines) is 1. The number of carbonyl (C=O) groups excluding carboxylic acids is 1. The first-order chi connectivity index (χ1) is 19.3. The van der Waals surface area contributed by atoms with Crippen LogP contribution in [0, 0.1) is 12.7 Å². The second kappa shape index (κ2) is 10.7. The number of thioether (sulfide) groups is 1. The van der Waals surface area contributed by atoms with Crippen molar-refractivity contribution in [3.63, 3.8) is 0 Å². The number of nitrogens with zero attached hydrogens (tertiary/aromatic N) is 5. The molecule has 2 aromatic carbocycles. The average molecular weight is 562 g/mol. The smallest absolute Gasteiger partial charge is 0.349 e. The Hall–Kier alpha value is -3.17. The molecule has 4 heterocycles. The summed E-state index contributed by atoms with van der Waals surface area (Å²) in [7, 11) is 0. The number of aromatic nitrogens is 2. The number of rotatable bonds is 4. The Morgan fingerprint density at radius 3 is 2.52 bits per heavy atom. The first-order valence-corrected chi connectivity index (χ1v) is 15.2. The van der Waals surface area contributed by atoms with Crippen LogP contribution in [0.25, 0.3) is 22.0 Å². The molecule has 40 heavy (non-hydrogen) atoms. The minimum atomic E-state index is -0.268. The molecule has 0 aliphatic carbocycles. The molecule has 6 rings (SSSR count). The zero-order valence-electron chi connectivity index (χ0n) is 23.4. The van der Waals surface area contributed by atoms with Gasteiger partial charge in [0.1, 0.15) is 11.6 Å². The second-order valence-corrected chi connectivity index (χ2v) is 12.4. The van der Waals surface area contributed by atoms with Crippen LogP contribution in [0.1, 0.15) is 32.3 Å². The van der Waals surface area contributed by atoms with E-state index in [0.717, 1.165) is 51.3 Å². The Morgan fingerprint density at radius 2 is 1.82 bits per heavy atom. The van der Waals surface area contributed by atoms with Gasteiger partial charge in [0.25, 0.3) is 0 Å². The van der Waals surface area contributed by atoms with E-state index >= 15 is 0 Å². The van der Waals surface area contributed by atoms with Gasteiger partial charge in [-0.05, 0) is 82.1 Å². The van der Waals surface area contributed by atoms with Crippen LogP contribution >= 0.6 is 11.8 Å². The maximum atomic E-state index is 13.9. The van der Waals surface area contributed by atoms with E-state index in [-0.39, 0.29) is 35.5 Å². The minimum absolute atomic E-state index is 0.0262. The van der Waals surface area contributed by atoms with Crippen molar-refractivity contribution in [2.24, 2.45) is 0 Å². The molecule has 3 atom stereocenters. The van der Waals surface area contributed by atoms with E-state index in [1.165, 1.54) is 31.1 Å². The van der Waals surface area contributed by atoms with Crippen LogP contribution in [-0.2, 0) is 11.3 Å². The number of benzene rings is 2. The highest BCUT2D eigenvalue weighted by Gasteiger charge is 2.35. The van der Waals surface area contributed by atoms with Crippen molar-refractivity contribution in [3.8, 4) is 11.1 Å². The first-order valence-electron chi connectivity index (χ1n) is 14.2. The maximum Gasteiger partial charge on any atom is 0.350 e. The van der Waals surface area contributed by atoms with Gasteiger partial charge in [-0.1, -0.05) is 18.7 Å². The molecule has 210 valence electrons. The van der Waals surface area contributed by atoms with Crippen LogP contribution in [0.15, 0.2) is 52.7 Å². The molecule has 2 saturated heterocycles. The normalized spacial score (nSPS) is 23.4. The molecular formula is C31H36FN5O2S. The zero-order chi connectivity index (χ0) is 28.1. The molecule has 0 saturated carbocycles. The van der Waals surface area contributed by atoms with Crippen LogP contribution in [0.5, 0.6) is 0 Å². The lowest BCUT2D eigenvalue weighted by Gasteiger charge is -2.44. The van der Waals surface area contributed by atoms with Crippen LogP contribution in [0.4, 0.5) is 10.2 Å². The molecule has 1 aromatic heterocycles. The summed E-state index contributed by atoms with van der Waals surface area (Å²) in [5, 5.41) is 0.954. The predicted molar refractivity (Wildman–Crippen MR) is 160 cm³/mol. The van der Waals surface area contributed by atoms with Crippen molar-refractivity contribution < 1.29 is 9.18 Å². The Bertz CT molecular complexity index is 1530. The molecule has 3 aliphatic rings. The third-order valence-corrected chi connectivity index (χ3v) is 9.95. The third kappa shape index (κ3) is 4.63. The highest BCUT2D eigenvalue weighted by molar-refractivity contribution is 7.99. The van der Waals surface area contributed by atoms with E-state index in [4.69, 9.17) is 4.98 Å². The molecule has 1 amide bonds. The van der Waals surface area contributed by atoms with E-state index in [0.29, 0.717) is 25.5 Å². The van der Waals surface area contributed by atoms with Crippen molar-refractivity contribution in [2.75, 3.05) is 36.8 Å². The lowest BCUT2D eigenvalue weighted by Crippen LogP contribution is -2.58. The summed E-state index contributed by atoms with van der Waals surface area (Å²) in [5.74, 6) is 1.20. The van der Waals surface area contributed by atoms with E-state index < -0.39 is 0 Å². The summed E-state index contributed by atoms with van der Waals surface area (Å²) < 4.78 is 15.8. The van der Waals surface area contributed by atoms with Crippen molar-refractivity contribution in [1.82, 2.24) is 19.4 Å². The van der Waals surface area contributed by atoms with E-state index in [1.54, 1.807) is 11.8 Å².